The van der Waals surface area contributed by atoms with Crippen molar-refractivity contribution in [2.75, 3.05) is 24.5 Å². The van der Waals surface area contributed by atoms with Crippen LogP contribution in [0.15, 0.2) is 61.3 Å². The maximum absolute atomic E-state index is 12.3. The van der Waals surface area contributed by atoms with Gasteiger partial charge in [-0.15, -0.1) is 0 Å². The number of anilines is 2. The molecule has 144 valence electrons. The molecule has 4 aromatic rings. The van der Waals surface area contributed by atoms with Crippen LogP contribution < -0.4 is 10.4 Å². The SMILES string of the molecule is CN(C)C(=O)c1cccc(NN2Cc3ccncc3-c3nn4ccncc4c32)c1. The van der Waals surface area contributed by atoms with Crippen molar-refractivity contribution in [1.82, 2.24) is 24.5 Å². The van der Waals surface area contributed by atoms with Gasteiger partial charge in [-0.1, -0.05) is 6.07 Å². The van der Waals surface area contributed by atoms with Crippen LogP contribution in [0.1, 0.15) is 15.9 Å². The van der Waals surface area contributed by atoms with Gasteiger partial charge in [-0.05, 0) is 29.8 Å². The van der Waals surface area contributed by atoms with E-state index in [0.29, 0.717) is 12.1 Å². The van der Waals surface area contributed by atoms with Crippen LogP contribution in [0.2, 0.25) is 0 Å². The van der Waals surface area contributed by atoms with E-state index in [2.05, 4.69) is 15.4 Å². The molecule has 5 rings (SSSR count). The second-order valence-electron chi connectivity index (χ2n) is 7.11. The average molecular weight is 385 g/mol. The molecule has 0 radical (unpaired) electrons. The summed E-state index contributed by atoms with van der Waals surface area (Å²) in [5.41, 5.74) is 9.71. The molecule has 0 saturated heterocycles. The van der Waals surface area contributed by atoms with Crippen LogP contribution in [0.25, 0.3) is 16.8 Å². The number of aromatic nitrogens is 4. The van der Waals surface area contributed by atoms with Crippen LogP contribution in [-0.4, -0.2) is 44.5 Å². The molecule has 8 nitrogen and oxygen atoms in total. The van der Waals surface area contributed by atoms with Gasteiger partial charge in [0.1, 0.15) is 16.9 Å². The highest BCUT2D eigenvalue weighted by atomic mass is 16.2. The van der Waals surface area contributed by atoms with E-state index in [0.717, 1.165) is 33.7 Å². The molecule has 0 aliphatic carbocycles. The van der Waals surface area contributed by atoms with Crippen molar-refractivity contribution in [3.05, 3.63) is 72.4 Å². The Bertz CT molecular complexity index is 1230. The number of rotatable bonds is 3. The zero-order valence-corrected chi connectivity index (χ0v) is 16.1. The third kappa shape index (κ3) is 2.85. The Morgan fingerprint density at radius 2 is 2.00 bits per heavy atom. The van der Waals surface area contributed by atoms with E-state index in [1.165, 1.54) is 0 Å². The van der Waals surface area contributed by atoms with Crippen molar-refractivity contribution in [3.8, 4) is 11.3 Å². The number of nitrogens with zero attached hydrogens (tertiary/aromatic N) is 6. The number of fused-ring (bicyclic) bond motifs is 5. The molecular weight excluding hydrogens is 366 g/mol. The smallest absolute Gasteiger partial charge is 0.253 e. The number of nitrogens with one attached hydrogen (secondary N) is 1. The highest BCUT2D eigenvalue weighted by molar-refractivity contribution is 5.95. The minimum Gasteiger partial charge on any atom is -0.345 e. The van der Waals surface area contributed by atoms with Crippen LogP contribution in [-0.2, 0) is 6.54 Å². The first-order valence-electron chi connectivity index (χ1n) is 9.23. The van der Waals surface area contributed by atoms with Crippen LogP contribution in [0.3, 0.4) is 0 Å². The number of carbonyl (C=O) groups is 1. The van der Waals surface area contributed by atoms with Crippen LogP contribution >= 0.6 is 0 Å². The number of amides is 1. The molecular formula is C21H19N7O. The molecule has 0 spiro atoms. The van der Waals surface area contributed by atoms with Gasteiger partial charge < -0.3 is 4.90 Å². The van der Waals surface area contributed by atoms with Crippen molar-refractivity contribution in [2.45, 2.75) is 6.54 Å². The van der Waals surface area contributed by atoms with Crippen LogP contribution in [0.5, 0.6) is 0 Å². The summed E-state index contributed by atoms with van der Waals surface area (Å²) >= 11 is 0. The summed E-state index contributed by atoms with van der Waals surface area (Å²) in [6, 6.07) is 9.49. The fourth-order valence-corrected chi connectivity index (χ4v) is 3.59. The van der Waals surface area contributed by atoms with Gasteiger partial charge >= 0.3 is 0 Å². The predicted octanol–water partition coefficient (Wildman–Crippen LogP) is 2.84. The van der Waals surface area contributed by atoms with E-state index >= 15 is 0 Å². The maximum Gasteiger partial charge on any atom is 0.253 e. The van der Waals surface area contributed by atoms with Gasteiger partial charge in [0.25, 0.3) is 5.91 Å². The molecule has 1 aromatic carbocycles. The lowest BCUT2D eigenvalue weighted by Crippen LogP contribution is -2.32. The summed E-state index contributed by atoms with van der Waals surface area (Å²) in [6.07, 6.45) is 8.98. The van der Waals surface area contributed by atoms with Gasteiger partial charge in [0.2, 0.25) is 0 Å². The molecule has 1 aliphatic heterocycles. The molecule has 4 heterocycles. The quantitative estimate of drug-likeness (QED) is 0.584. The Morgan fingerprint density at radius 1 is 1.14 bits per heavy atom. The average Bonchev–Trinajstić information content (AvgIpc) is 3.13. The lowest BCUT2D eigenvalue weighted by atomic mass is 10.0. The minimum absolute atomic E-state index is 0.0374. The largest absolute Gasteiger partial charge is 0.345 e. The minimum atomic E-state index is -0.0374. The summed E-state index contributed by atoms with van der Waals surface area (Å²) in [5, 5.41) is 6.79. The van der Waals surface area contributed by atoms with Crippen molar-refractivity contribution < 1.29 is 4.79 Å². The number of hydrogen-bond donors (Lipinski definition) is 1. The molecule has 1 amide bonds. The fraction of sp³-hybridized carbons (Fsp3) is 0.143. The third-order valence-electron chi connectivity index (χ3n) is 4.96. The molecule has 0 saturated carbocycles. The van der Waals surface area contributed by atoms with E-state index < -0.39 is 0 Å². The van der Waals surface area contributed by atoms with E-state index in [4.69, 9.17) is 5.10 Å². The highest BCUT2D eigenvalue weighted by Gasteiger charge is 2.28. The second kappa shape index (κ2) is 6.59. The second-order valence-corrected chi connectivity index (χ2v) is 7.11. The Kier molecular flexibility index (Phi) is 3.90. The van der Waals surface area contributed by atoms with Gasteiger partial charge in [-0.25, -0.2) is 4.52 Å². The third-order valence-corrected chi connectivity index (χ3v) is 4.96. The first-order valence-corrected chi connectivity index (χ1v) is 9.23. The first-order chi connectivity index (χ1) is 14.1. The van der Waals surface area contributed by atoms with Gasteiger partial charge in [0, 0.05) is 50.0 Å². The Hall–Kier alpha value is -3.94. The summed E-state index contributed by atoms with van der Waals surface area (Å²) in [6.45, 7) is 0.632. The molecule has 1 N–H and O–H groups in total. The zero-order chi connectivity index (χ0) is 20.0. The van der Waals surface area contributed by atoms with Crippen molar-refractivity contribution in [3.63, 3.8) is 0 Å². The standard InChI is InChI=1S/C21H19N7O/c1-26(2)21(29)14-4-3-5-16(10-14)24-28-13-15-6-7-22-11-17(15)19-20(28)18-12-23-8-9-27(18)25-19/h3-12,24H,13H2,1-2H3. The topological polar surface area (TPSA) is 78.7 Å². The summed E-state index contributed by atoms with van der Waals surface area (Å²) in [4.78, 5) is 22.5. The Labute approximate surface area is 167 Å². The fourth-order valence-electron chi connectivity index (χ4n) is 3.59. The summed E-state index contributed by atoms with van der Waals surface area (Å²) in [5.74, 6) is -0.0374. The van der Waals surface area contributed by atoms with Crippen molar-refractivity contribution >= 4 is 22.8 Å². The first kappa shape index (κ1) is 17.2. The normalized spacial score (nSPS) is 12.4. The predicted molar refractivity (Wildman–Crippen MR) is 110 cm³/mol. The Morgan fingerprint density at radius 3 is 2.86 bits per heavy atom. The highest BCUT2D eigenvalue weighted by Crippen LogP contribution is 2.40. The number of hydrogen-bond acceptors (Lipinski definition) is 6. The van der Waals surface area contributed by atoms with E-state index in [9.17, 15) is 4.79 Å². The van der Waals surface area contributed by atoms with Gasteiger partial charge in [-0.3, -0.25) is 25.2 Å². The number of benzene rings is 1. The number of pyridine rings is 1. The van der Waals surface area contributed by atoms with Crippen LogP contribution in [0, 0.1) is 0 Å². The Balaban J connectivity index is 1.59. The number of hydrazine groups is 1. The summed E-state index contributed by atoms with van der Waals surface area (Å²) in [7, 11) is 3.49. The van der Waals surface area contributed by atoms with E-state index in [1.54, 1.807) is 37.6 Å². The van der Waals surface area contributed by atoms with Crippen molar-refractivity contribution in [1.29, 1.82) is 0 Å². The van der Waals surface area contributed by atoms with Gasteiger partial charge in [0.05, 0.1) is 18.4 Å². The lowest BCUT2D eigenvalue weighted by molar-refractivity contribution is 0.0827. The molecule has 0 fully saturated rings. The van der Waals surface area contributed by atoms with Gasteiger partial charge in [0.15, 0.2) is 0 Å². The molecule has 1 aliphatic rings. The lowest BCUT2D eigenvalue weighted by Gasteiger charge is -2.31. The molecule has 8 heteroatoms. The van der Waals surface area contributed by atoms with Gasteiger partial charge in [-0.2, -0.15) is 5.10 Å². The summed E-state index contributed by atoms with van der Waals surface area (Å²) < 4.78 is 1.82. The number of carbonyl (C=O) groups excluding carboxylic acids is 1. The van der Waals surface area contributed by atoms with Crippen LogP contribution in [0.4, 0.5) is 11.4 Å². The van der Waals surface area contributed by atoms with E-state index in [1.807, 2.05) is 52.2 Å². The molecule has 29 heavy (non-hydrogen) atoms. The maximum atomic E-state index is 12.3. The monoisotopic (exact) mass is 385 g/mol. The van der Waals surface area contributed by atoms with Crippen molar-refractivity contribution in [2.24, 2.45) is 0 Å². The molecule has 0 bridgehead atoms. The molecule has 3 aromatic heterocycles. The molecule has 0 unspecified atom stereocenters. The zero-order valence-electron chi connectivity index (χ0n) is 16.1. The molecule has 0 atom stereocenters. The van der Waals surface area contributed by atoms with E-state index in [-0.39, 0.29) is 5.91 Å².